The van der Waals surface area contributed by atoms with Gasteiger partial charge in [-0.15, -0.1) is 0 Å². The molecule has 0 saturated heterocycles. The number of ether oxygens (including phenoxy) is 1. The molecule has 3 heteroatoms. The summed E-state index contributed by atoms with van der Waals surface area (Å²) in [7, 11) is 0. The number of benzene rings is 2. The second kappa shape index (κ2) is 9.97. The summed E-state index contributed by atoms with van der Waals surface area (Å²) in [5.74, 6) is 0.248. The van der Waals surface area contributed by atoms with Gasteiger partial charge in [0.05, 0.1) is 6.10 Å². The number of carbonyl (C=O) groups excluding carboxylic acids is 1. The molecule has 0 bridgehead atoms. The summed E-state index contributed by atoms with van der Waals surface area (Å²) in [6.07, 6.45) is 8.22. The predicted molar refractivity (Wildman–Crippen MR) is 112 cm³/mol. The smallest absolute Gasteiger partial charge is 0.159 e. The van der Waals surface area contributed by atoms with Crippen molar-refractivity contribution in [1.82, 2.24) is 0 Å². The fourth-order valence-electron chi connectivity index (χ4n) is 4.07. The molecule has 2 aromatic rings. The first kappa shape index (κ1) is 20.7. The molecule has 0 unspecified atom stereocenters. The van der Waals surface area contributed by atoms with E-state index in [1.165, 1.54) is 19.8 Å². The maximum atomic E-state index is 14.8. The number of Topliss-reactive ketones (excluding diaryl/α,β-unsaturated/α-hetero) is 1. The van der Waals surface area contributed by atoms with Gasteiger partial charge in [-0.3, -0.25) is 4.79 Å². The van der Waals surface area contributed by atoms with Gasteiger partial charge in [-0.1, -0.05) is 56.2 Å². The Balaban J connectivity index is 1.59. The highest BCUT2D eigenvalue weighted by molar-refractivity contribution is 5.94. The summed E-state index contributed by atoms with van der Waals surface area (Å²) in [6, 6.07) is 12.8. The molecule has 0 aromatic heterocycles. The summed E-state index contributed by atoms with van der Waals surface area (Å²) < 4.78 is 20.8. The van der Waals surface area contributed by atoms with E-state index in [4.69, 9.17) is 4.74 Å². The van der Waals surface area contributed by atoms with Crippen molar-refractivity contribution in [3.8, 4) is 11.1 Å². The number of halogens is 1. The molecule has 0 spiro atoms. The van der Waals surface area contributed by atoms with Crippen LogP contribution in [0, 0.1) is 5.82 Å². The van der Waals surface area contributed by atoms with Crippen LogP contribution in [-0.2, 0) is 4.74 Å². The minimum atomic E-state index is -0.189. The molecule has 1 fully saturated rings. The van der Waals surface area contributed by atoms with Crippen molar-refractivity contribution >= 4 is 5.78 Å². The number of hydrogen-bond donors (Lipinski definition) is 0. The van der Waals surface area contributed by atoms with Crippen molar-refractivity contribution in [3.05, 3.63) is 59.4 Å². The van der Waals surface area contributed by atoms with Gasteiger partial charge in [0.2, 0.25) is 0 Å². The maximum absolute atomic E-state index is 14.8. The maximum Gasteiger partial charge on any atom is 0.159 e. The molecule has 0 radical (unpaired) electrons. The molecule has 1 aliphatic carbocycles. The zero-order valence-corrected chi connectivity index (χ0v) is 17.0. The molecule has 2 aromatic carbocycles. The van der Waals surface area contributed by atoms with E-state index < -0.39 is 0 Å². The van der Waals surface area contributed by atoms with Crippen LogP contribution < -0.4 is 0 Å². The molecular weight excluding hydrogens is 351 g/mol. The van der Waals surface area contributed by atoms with E-state index in [-0.39, 0.29) is 11.6 Å². The summed E-state index contributed by atoms with van der Waals surface area (Å²) >= 11 is 0. The van der Waals surface area contributed by atoms with Crippen LogP contribution in [0.4, 0.5) is 4.39 Å². The Hall–Kier alpha value is -2.00. The molecule has 0 N–H and O–H groups in total. The van der Waals surface area contributed by atoms with Gasteiger partial charge in [-0.25, -0.2) is 4.39 Å². The average molecular weight is 383 g/mol. The van der Waals surface area contributed by atoms with Gasteiger partial charge >= 0.3 is 0 Å². The summed E-state index contributed by atoms with van der Waals surface area (Å²) in [5, 5.41) is 0. The summed E-state index contributed by atoms with van der Waals surface area (Å²) in [5.41, 5.74) is 3.13. The van der Waals surface area contributed by atoms with E-state index in [0.29, 0.717) is 23.1 Å². The van der Waals surface area contributed by atoms with Gasteiger partial charge < -0.3 is 4.74 Å². The fraction of sp³-hybridized carbons (Fsp3) is 0.480. The topological polar surface area (TPSA) is 26.3 Å². The minimum Gasteiger partial charge on any atom is -0.378 e. The van der Waals surface area contributed by atoms with E-state index in [1.54, 1.807) is 18.2 Å². The monoisotopic (exact) mass is 382 g/mol. The largest absolute Gasteiger partial charge is 0.378 e. The van der Waals surface area contributed by atoms with Gasteiger partial charge in [-0.2, -0.15) is 0 Å². The number of unbranched alkanes of at least 4 members (excludes halogenated alkanes) is 2. The zero-order chi connectivity index (χ0) is 19.9. The van der Waals surface area contributed by atoms with Crippen molar-refractivity contribution in [1.29, 1.82) is 0 Å². The summed E-state index contributed by atoms with van der Waals surface area (Å²) in [6.45, 7) is 4.61. The molecular formula is C25H31FO2. The number of rotatable bonds is 8. The predicted octanol–water partition coefficient (Wildman–Crippen LogP) is 6.93. The fourth-order valence-corrected chi connectivity index (χ4v) is 4.07. The van der Waals surface area contributed by atoms with Gasteiger partial charge in [0.15, 0.2) is 5.78 Å². The Morgan fingerprint density at radius 3 is 2.36 bits per heavy atom. The van der Waals surface area contributed by atoms with Gasteiger partial charge in [0, 0.05) is 17.7 Å². The van der Waals surface area contributed by atoms with Crippen LogP contribution in [-0.4, -0.2) is 18.5 Å². The average Bonchev–Trinajstić information content (AvgIpc) is 2.72. The zero-order valence-electron chi connectivity index (χ0n) is 17.0. The van der Waals surface area contributed by atoms with Crippen LogP contribution in [0.5, 0.6) is 0 Å². The lowest BCUT2D eigenvalue weighted by Gasteiger charge is -2.29. The lowest BCUT2D eigenvalue weighted by Crippen LogP contribution is -2.21. The normalized spacial score (nSPS) is 19.5. The number of hydrogen-bond acceptors (Lipinski definition) is 2. The third-order valence-corrected chi connectivity index (χ3v) is 5.84. The highest BCUT2D eigenvalue weighted by Gasteiger charge is 2.23. The first-order chi connectivity index (χ1) is 13.6. The molecule has 1 saturated carbocycles. The first-order valence-electron chi connectivity index (χ1n) is 10.6. The van der Waals surface area contributed by atoms with E-state index >= 15 is 0 Å². The Kier molecular flexibility index (Phi) is 7.38. The highest BCUT2D eigenvalue weighted by atomic mass is 19.1. The third kappa shape index (κ3) is 5.29. The van der Waals surface area contributed by atoms with Crippen LogP contribution in [0.15, 0.2) is 42.5 Å². The van der Waals surface area contributed by atoms with E-state index in [1.807, 2.05) is 18.2 Å². The molecule has 0 heterocycles. The van der Waals surface area contributed by atoms with Gasteiger partial charge in [0.1, 0.15) is 5.82 Å². The highest BCUT2D eigenvalue weighted by Crippen LogP contribution is 2.36. The Bertz CT molecular complexity index is 774. The number of carbonyl (C=O) groups is 1. The minimum absolute atomic E-state index is 0.0207. The number of ketones is 1. The molecule has 0 amide bonds. The second-order valence-corrected chi connectivity index (χ2v) is 7.92. The third-order valence-electron chi connectivity index (χ3n) is 5.84. The van der Waals surface area contributed by atoms with Crippen LogP contribution in [0.1, 0.15) is 80.6 Å². The Morgan fingerprint density at radius 2 is 1.75 bits per heavy atom. The first-order valence-corrected chi connectivity index (χ1v) is 10.6. The van der Waals surface area contributed by atoms with Crippen molar-refractivity contribution in [3.63, 3.8) is 0 Å². The lowest BCUT2D eigenvalue weighted by molar-refractivity contribution is 0.0227. The molecule has 2 nitrogen and oxygen atoms in total. The quantitative estimate of drug-likeness (QED) is 0.365. The van der Waals surface area contributed by atoms with Crippen molar-refractivity contribution in [2.75, 3.05) is 6.61 Å². The second-order valence-electron chi connectivity index (χ2n) is 7.92. The molecule has 0 aliphatic heterocycles. The van der Waals surface area contributed by atoms with Crippen LogP contribution in [0.25, 0.3) is 11.1 Å². The molecule has 28 heavy (non-hydrogen) atoms. The van der Waals surface area contributed by atoms with Crippen molar-refractivity contribution in [2.24, 2.45) is 0 Å². The Morgan fingerprint density at radius 1 is 1.04 bits per heavy atom. The van der Waals surface area contributed by atoms with Crippen LogP contribution in [0.3, 0.4) is 0 Å². The van der Waals surface area contributed by atoms with Crippen LogP contribution in [0.2, 0.25) is 0 Å². The summed E-state index contributed by atoms with van der Waals surface area (Å²) in [4.78, 5) is 11.4. The standard InChI is InChI=1S/C25H31FO2/c1-3-4-5-16-28-23-13-10-20(11-14-23)22-12-15-24(25(26)17-22)21-8-6-19(7-9-21)18(2)27/h6-9,12,15,17,20,23H,3-5,10-11,13-14,16H2,1-2H3. The molecule has 0 atom stereocenters. The lowest BCUT2D eigenvalue weighted by atomic mass is 9.82. The van der Waals surface area contributed by atoms with Crippen molar-refractivity contribution in [2.45, 2.75) is 70.8 Å². The van der Waals surface area contributed by atoms with Crippen molar-refractivity contribution < 1.29 is 13.9 Å². The van der Waals surface area contributed by atoms with Gasteiger partial charge in [0.25, 0.3) is 0 Å². The molecule has 150 valence electrons. The molecule has 1 aliphatic rings. The van der Waals surface area contributed by atoms with Gasteiger partial charge in [-0.05, 0) is 62.1 Å². The molecule has 3 rings (SSSR count). The van der Waals surface area contributed by atoms with E-state index in [2.05, 4.69) is 13.0 Å². The van der Waals surface area contributed by atoms with E-state index in [0.717, 1.165) is 49.8 Å². The van der Waals surface area contributed by atoms with Crippen LogP contribution >= 0.6 is 0 Å². The SMILES string of the molecule is CCCCCOC1CCC(c2ccc(-c3ccc(C(C)=O)cc3)c(F)c2)CC1. The van der Waals surface area contributed by atoms with E-state index in [9.17, 15) is 9.18 Å². The Labute approximate surface area is 168 Å².